The van der Waals surface area contributed by atoms with Crippen LogP contribution in [0.15, 0.2) is 59.5 Å². The molecule has 0 aromatic heterocycles. The molecule has 0 amide bonds. The van der Waals surface area contributed by atoms with Gasteiger partial charge in [0.05, 0.1) is 12.5 Å². The number of rotatable bonds is 7. The van der Waals surface area contributed by atoms with Crippen molar-refractivity contribution in [1.82, 2.24) is 5.32 Å². The van der Waals surface area contributed by atoms with Crippen LogP contribution in [0.25, 0.3) is 0 Å². The van der Waals surface area contributed by atoms with E-state index in [9.17, 15) is 0 Å². The molecule has 0 fully saturated rings. The van der Waals surface area contributed by atoms with Crippen molar-refractivity contribution < 1.29 is 4.74 Å². The largest absolute Gasteiger partial charge is 0.366 e. The van der Waals surface area contributed by atoms with Crippen molar-refractivity contribution in [2.45, 2.75) is 18.0 Å². The molecule has 0 saturated heterocycles. The van der Waals surface area contributed by atoms with Crippen LogP contribution in [0.1, 0.15) is 11.1 Å². The molecule has 0 saturated carbocycles. The Kier molecular flexibility index (Phi) is 5.95. The summed E-state index contributed by atoms with van der Waals surface area (Å²) in [4.78, 5) is 1.24. The van der Waals surface area contributed by atoms with Crippen molar-refractivity contribution in [2.24, 2.45) is 0 Å². The zero-order valence-electron chi connectivity index (χ0n) is 11.1. The Morgan fingerprint density at radius 1 is 0.947 bits per heavy atom. The normalized spacial score (nSPS) is 10.6. The van der Waals surface area contributed by atoms with Gasteiger partial charge in [0.25, 0.3) is 0 Å². The van der Waals surface area contributed by atoms with Crippen molar-refractivity contribution in [3.63, 3.8) is 0 Å². The standard InChI is InChI=1S/C16H19NOS/c1-17-11-14-7-9-16(10-8-14)19-13-18-12-15-5-3-2-4-6-15/h2-10,17H,11-13H2,1H3. The Bertz CT molecular complexity index is 470. The summed E-state index contributed by atoms with van der Waals surface area (Å²) >= 11 is 1.72. The van der Waals surface area contributed by atoms with E-state index in [-0.39, 0.29) is 0 Å². The molecule has 0 heterocycles. The van der Waals surface area contributed by atoms with Crippen molar-refractivity contribution >= 4 is 11.8 Å². The second kappa shape index (κ2) is 8.00. The highest BCUT2D eigenvalue weighted by molar-refractivity contribution is 7.99. The Morgan fingerprint density at radius 3 is 2.37 bits per heavy atom. The van der Waals surface area contributed by atoms with E-state index < -0.39 is 0 Å². The van der Waals surface area contributed by atoms with Crippen LogP contribution in [0.4, 0.5) is 0 Å². The average molecular weight is 273 g/mol. The van der Waals surface area contributed by atoms with Gasteiger partial charge in [-0.15, -0.1) is 0 Å². The summed E-state index contributed by atoms with van der Waals surface area (Å²) in [6.07, 6.45) is 0. The van der Waals surface area contributed by atoms with Gasteiger partial charge in [-0.3, -0.25) is 0 Å². The predicted molar refractivity (Wildman–Crippen MR) is 81.2 cm³/mol. The van der Waals surface area contributed by atoms with Gasteiger partial charge in [0.15, 0.2) is 0 Å². The van der Waals surface area contributed by atoms with Crippen LogP contribution in [0.2, 0.25) is 0 Å². The summed E-state index contributed by atoms with van der Waals surface area (Å²) in [6, 6.07) is 18.8. The molecule has 2 nitrogen and oxygen atoms in total. The first-order valence-corrected chi connectivity index (χ1v) is 7.35. The molecule has 19 heavy (non-hydrogen) atoms. The van der Waals surface area contributed by atoms with Crippen molar-refractivity contribution in [2.75, 3.05) is 13.0 Å². The molecule has 0 spiro atoms. The van der Waals surface area contributed by atoms with Gasteiger partial charge in [-0.2, -0.15) is 0 Å². The molecule has 1 N–H and O–H groups in total. The number of ether oxygens (including phenoxy) is 1. The van der Waals surface area contributed by atoms with Crippen molar-refractivity contribution in [3.8, 4) is 0 Å². The zero-order valence-corrected chi connectivity index (χ0v) is 12.0. The monoisotopic (exact) mass is 273 g/mol. The summed E-state index contributed by atoms with van der Waals surface area (Å²) in [7, 11) is 1.96. The van der Waals surface area contributed by atoms with Crippen LogP contribution in [-0.4, -0.2) is 13.0 Å². The lowest BCUT2D eigenvalue weighted by molar-refractivity contribution is 0.169. The molecule has 2 aromatic rings. The van der Waals surface area contributed by atoms with E-state index in [2.05, 4.69) is 41.7 Å². The van der Waals surface area contributed by atoms with Gasteiger partial charge in [-0.1, -0.05) is 54.2 Å². The average Bonchev–Trinajstić information content (AvgIpc) is 2.47. The SMILES string of the molecule is CNCc1ccc(SCOCc2ccccc2)cc1. The molecule has 0 unspecified atom stereocenters. The van der Waals surface area contributed by atoms with Crippen molar-refractivity contribution in [1.29, 1.82) is 0 Å². The lowest BCUT2D eigenvalue weighted by Gasteiger charge is -2.05. The number of thioether (sulfide) groups is 1. The Hall–Kier alpha value is -1.29. The molecule has 2 rings (SSSR count). The smallest absolute Gasteiger partial charge is 0.0971 e. The van der Waals surface area contributed by atoms with Gasteiger partial charge in [0.2, 0.25) is 0 Å². The topological polar surface area (TPSA) is 21.3 Å². The van der Waals surface area contributed by atoms with E-state index in [4.69, 9.17) is 4.74 Å². The first kappa shape index (κ1) is 14.1. The van der Waals surface area contributed by atoms with Crippen LogP contribution < -0.4 is 5.32 Å². The second-order valence-electron chi connectivity index (χ2n) is 4.27. The first-order valence-electron chi connectivity index (χ1n) is 6.36. The molecule has 0 aliphatic heterocycles. The minimum absolute atomic E-state index is 0.672. The second-order valence-corrected chi connectivity index (χ2v) is 5.27. The zero-order chi connectivity index (χ0) is 13.3. The maximum atomic E-state index is 5.65. The van der Waals surface area contributed by atoms with Crippen LogP contribution >= 0.6 is 11.8 Å². The fourth-order valence-corrected chi connectivity index (χ4v) is 2.38. The lowest BCUT2D eigenvalue weighted by Crippen LogP contribution is -2.04. The number of hydrogen-bond acceptors (Lipinski definition) is 3. The number of nitrogens with one attached hydrogen (secondary N) is 1. The van der Waals surface area contributed by atoms with E-state index in [0.717, 1.165) is 6.54 Å². The van der Waals surface area contributed by atoms with Gasteiger partial charge in [-0.05, 0) is 30.3 Å². The molecule has 2 aromatic carbocycles. The van der Waals surface area contributed by atoms with Crippen LogP contribution in [0.5, 0.6) is 0 Å². The summed E-state index contributed by atoms with van der Waals surface area (Å²) < 4.78 is 5.65. The van der Waals surface area contributed by atoms with Crippen molar-refractivity contribution in [3.05, 3.63) is 65.7 Å². The summed E-state index contributed by atoms with van der Waals surface area (Å²) in [5.41, 5.74) is 2.52. The third-order valence-electron chi connectivity index (χ3n) is 2.72. The van der Waals surface area contributed by atoms with Gasteiger partial charge in [0.1, 0.15) is 0 Å². The molecule has 100 valence electrons. The van der Waals surface area contributed by atoms with E-state index in [1.165, 1.54) is 16.0 Å². The summed E-state index contributed by atoms with van der Waals surface area (Å²) in [6.45, 7) is 1.58. The molecule has 0 aliphatic carbocycles. The third kappa shape index (κ3) is 5.07. The molecular weight excluding hydrogens is 254 g/mol. The van der Waals surface area contributed by atoms with Gasteiger partial charge in [0, 0.05) is 11.4 Å². The van der Waals surface area contributed by atoms with E-state index in [1.807, 2.05) is 25.2 Å². The molecule has 0 radical (unpaired) electrons. The van der Waals surface area contributed by atoms with E-state index in [1.54, 1.807) is 11.8 Å². The van der Waals surface area contributed by atoms with Gasteiger partial charge >= 0.3 is 0 Å². The molecular formula is C16H19NOS. The number of hydrogen-bond donors (Lipinski definition) is 1. The Balaban J connectivity index is 1.70. The Labute approximate surface area is 119 Å². The van der Waals surface area contributed by atoms with E-state index in [0.29, 0.717) is 12.5 Å². The first-order chi connectivity index (χ1) is 9.38. The predicted octanol–water partition coefficient (Wildman–Crippen LogP) is 3.67. The quantitative estimate of drug-likeness (QED) is 0.472. The molecule has 0 aliphatic rings. The maximum absolute atomic E-state index is 5.65. The minimum Gasteiger partial charge on any atom is -0.366 e. The summed E-state index contributed by atoms with van der Waals surface area (Å²) in [5, 5.41) is 3.14. The molecule has 0 atom stereocenters. The molecule has 0 bridgehead atoms. The van der Waals surface area contributed by atoms with Crippen LogP contribution in [0, 0.1) is 0 Å². The summed E-state index contributed by atoms with van der Waals surface area (Å²) in [5.74, 6) is 0.681. The highest BCUT2D eigenvalue weighted by Gasteiger charge is 1.96. The highest BCUT2D eigenvalue weighted by Crippen LogP contribution is 2.19. The maximum Gasteiger partial charge on any atom is 0.0971 e. The number of benzene rings is 2. The third-order valence-corrected chi connectivity index (χ3v) is 3.61. The van der Waals surface area contributed by atoms with Gasteiger partial charge < -0.3 is 10.1 Å². The molecule has 3 heteroatoms. The van der Waals surface area contributed by atoms with Crippen LogP contribution in [0.3, 0.4) is 0 Å². The van der Waals surface area contributed by atoms with Gasteiger partial charge in [-0.25, -0.2) is 0 Å². The fourth-order valence-electron chi connectivity index (χ4n) is 1.75. The van der Waals surface area contributed by atoms with E-state index >= 15 is 0 Å². The minimum atomic E-state index is 0.672. The van der Waals surface area contributed by atoms with Crippen LogP contribution in [-0.2, 0) is 17.9 Å². The lowest BCUT2D eigenvalue weighted by atomic mass is 10.2. The fraction of sp³-hybridized carbons (Fsp3) is 0.250. The Morgan fingerprint density at radius 2 is 1.68 bits per heavy atom. The highest BCUT2D eigenvalue weighted by atomic mass is 32.2.